The van der Waals surface area contributed by atoms with Gasteiger partial charge < -0.3 is 19.4 Å². The van der Waals surface area contributed by atoms with E-state index in [2.05, 4.69) is 4.98 Å². The topological polar surface area (TPSA) is 109 Å². The number of fused-ring (bicyclic) bond motifs is 2. The highest BCUT2D eigenvalue weighted by molar-refractivity contribution is 8.00. The van der Waals surface area contributed by atoms with Crippen molar-refractivity contribution >= 4 is 58.1 Å². The molecule has 0 radical (unpaired) electrons. The molecule has 1 aromatic heterocycles. The number of hydrogen-bond acceptors (Lipinski definition) is 8. The number of hydrogen-bond donors (Lipinski definition) is 1. The van der Waals surface area contributed by atoms with Crippen molar-refractivity contribution in [3.05, 3.63) is 67.6 Å². The number of aromatic nitrogens is 1. The highest BCUT2D eigenvalue weighted by Gasteiger charge is 2.56. The summed E-state index contributed by atoms with van der Waals surface area (Å²) in [6.07, 6.45) is 3.12. The van der Waals surface area contributed by atoms with Gasteiger partial charge >= 0.3 is 4.87 Å². The van der Waals surface area contributed by atoms with Crippen LogP contribution in [0.1, 0.15) is 35.6 Å². The fraction of sp³-hybridized carbons (Fsp3) is 0.357. The second kappa shape index (κ2) is 10.9. The van der Waals surface area contributed by atoms with Crippen molar-refractivity contribution in [3.8, 4) is 11.5 Å². The van der Waals surface area contributed by atoms with Crippen molar-refractivity contribution < 1.29 is 23.9 Å². The van der Waals surface area contributed by atoms with E-state index in [0.29, 0.717) is 37.7 Å². The summed E-state index contributed by atoms with van der Waals surface area (Å²) in [6.45, 7) is 1.37. The molecule has 3 aliphatic rings. The first-order valence-electron chi connectivity index (χ1n) is 13.0. The van der Waals surface area contributed by atoms with E-state index in [-0.39, 0.29) is 29.2 Å². The zero-order valence-electron chi connectivity index (χ0n) is 21.6. The molecule has 2 fully saturated rings. The molecule has 1 N–H and O–H groups in total. The number of thiazole rings is 1. The Labute approximate surface area is 243 Å². The lowest BCUT2D eigenvalue weighted by Gasteiger charge is -2.30. The van der Waals surface area contributed by atoms with Crippen LogP contribution in [0.25, 0.3) is 0 Å². The number of methoxy groups -OCH3 is 1. The van der Waals surface area contributed by atoms with Crippen LogP contribution in [0.3, 0.4) is 0 Å². The number of H-pyrrole nitrogens is 1. The molecule has 3 amide bonds. The maximum atomic E-state index is 13.9. The Bertz CT molecular complexity index is 1530. The Balaban J connectivity index is 1.32. The summed E-state index contributed by atoms with van der Waals surface area (Å²) < 4.78 is 11.5. The number of benzene rings is 2. The molecule has 4 heterocycles. The maximum Gasteiger partial charge on any atom is 0.305 e. The lowest BCUT2D eigenvalue weighted by molar-refractivity contribution is -0.134. The molecule has 6 rings (SSSR count). The van der Waals surface area contributed by atoms with E-state index in [1.807, 2.05) is 4.90 Å². The van der Waals surface area contributed by atoms with Crippen molar-refractivity contribution in [2.75, 3.05) is 31.7 Å². The number of nitrogens with zero attached hydrogens (tertiary/aromatic N) is 2. The summed E-state index contributed by atoms with van der Waals surface area (Å²) in [7, 11) is 1.50. The molecule has 0 unspecified atom stereocenters. The molecular formula is C28H26ClN3O6S2. The Morgan fingerprint density at radius 1 is 1.02 bits per heavy atom. The van der Waals surface area contributed by atoms with Crippen molar-refractivity contribution in [2.45, 2.75) is 35.5 Å². The molecule has 3 atom stereocenters. The largest absolute Gasteiger partial charge is 0.493 e. The van der Waals surface area contributed by atoms with Crippen LogP contribution in [-0.2, 0) is 14.4 Å². The number of piperidine rings is 1. The number of likely N-dealkylation sites (tertiary alicyclic amines) is 1. The van der Waals surface area contributed by atoms with Crippen molar-refractivity contribution in [3.63, 3.8) is 0 Å². The summed E-state index contributed by atoms with van der Waals surface area (Å²) in [4.78, 5) is 58.7. The Hall–Kier alpha value is -3.28. The van der Waals surface area contributed by atoms with Crippen molar-refractivity contribution in [2.24, 2.45) is 5.92 Å². The summed E-state index contributed by atoms with van der Waals surface area (Å²) in [6, 6.07) is 11.8. The minimum absolute atomic E-state index is 0.0722. The standard InChI is InChI=1S/C28H26ClN3O6S2/c1-37-19-13-15(5-10-18(19)38-14-20(33)31-11-3-2-4-12-31)21-22-24(39-25-23(21)40-28(36)30-25)27(35)32(26(22)34)17-8-6-16(29)7-9-17/h5-10,13,21-22,24H,2-4,11-12,14H2,1H3,(H,30,36)/t21-,22-,24+/m0/s1. The van der Waals surface area contributed by atoms with Crippen molar-refractivity contribution in [1.29, 1.82) is 0 Å². The van der Waals surface area contributed by atoms with Gasteiger partial charge in [-0.25, -0.2) is 4.90 Å². The van der Waals surface area contributed by atoms with Crippen LogP contribution in [0.5, 0.6) is 11.5 Å². The van der Waals surface area contributed by atoms with Gasteiger partial charge in [0.25, 0.3) is 5.91 Å². The number of rotatable bonds is 6. The number of halogens is 1. The number of anilines is 1. The second-order valence-electron chi connectivity index (χ2n) is 9.88. The highest BCUT2D eigenvalue weighted by atomic mass is 35.5. The van der Waals surface area contributed by atoms with Gasteiger partial charge in [-0.15, -0.1) is 0 Å². The molecule has 12 heteroatoms. The molecule has 2 aromatic carbocycles. The molecule has 3 aromatic rings. The van der Waals surface area contributed by atoms with Crippen LogP contribution in [-0.4, -0.2) is 59.7 Å². The van der Waals surface area contributed by atoms with Gasteiger partial charge in [-0.1, -0.05) is 40.8 Å². The molecule has 208 valence electrons. The molecule has 9 nitrogen and oxygen atoms in total. The molecule has 0 aliphatic carbocycles. The van der Waals surface area contributed by atoms with Crippen molar-refractivity contribution in [1.82, 2.24) is 9.88 Å². The summed E-state index contributed by atoms with van der Waals surface area (Å²) >= 11 is 8.28. The van der Waals surface area contributed by atoms with Gasteiger partial charge in [-0.05, 0) is 61.2 Å². The van der Waals surface area contributed by atoms with E-state index in [1.165, 1.54) is 23.8 Å². The number of nitrogens with one attached hydrogen (secondary N) is 1. The molecule has 3 aliphatic heterocycles. The first kappa shape index (κ1) is 26.9. The summed E-state index contributed by atoms with van der Waals surface area (Å²) in [5.74, 6) is -1.24. The molecule has 40 heavy (non-hydrogen) atoms. The van der Waals surface area contributed by atoms with Gasteiger partial charge in [-0.3, -0.25) is 19.2 Å². The number of carbonyl (C=O) groups is 3. The number of aromatic amines is 1. The number of amides is 3. The summed E-state index contributed by atoms with van der Waals surface area (Å²) in [5, 5.41) is 0.376. The van der Waals surface area contributed by atoms with E-state index in [1.54, 1.807) is 42.5 Å². The van der Waals surface area contributed by atoms with Gasteiger partial charge in [-0.2, -0.15) is 0 Å². The Morgan fingerprint density at radius 3 is 2.50 bits per heavy atom. The Kier molecular flexibility index (Phi) is 7.37. The van der Waals surface area contributed by atoms with E-state index < -0.39 is 17.1 Å². The van der Waals surface area contributed by atoms with E-state index in [4.69, 9.17) is 21.1 Å². The predicted molar refractivity (Wildman–Crippen MR) is 153 cm³/mol. The third-order valence-corrected chi connectivity index (χ3v) is 10.2. The molecular weight excluding hydrogens is 574 g/mol. The van der Waals surface area contributed by atoms with E-state index in [0.717, 1.165) is 43.7 Å². The lowest BCUT2D eigenvalue weighted by atomic mass is 9.83. The molecule has 0 spiro atoms. The van der Waals surface area contributed by atoms with Crippen LogP contribution < -0.4 is 19.2 Å². The van der Waals surface area contributed by atoms with Crippen LogP contribution >= 0.6 is 34.7 Å². The monoisotopic (exact) mass is 599 g/mol. The fourth-order valence-corrected chi connectivity index (χ4v) is 8.23. The molecule has 2 saturated heterocycles. The number of thioether (sulfide) groups is 1. The zero-order valence-corrected chi connectivity index (χ0v) is 23.9. The van der Waals surface area contributed by atoms with Gasteiger partial charge in [0, 0.05) is 28.9 Å². The van der Waals surface area contributed by atoms with Gasteiger partial charge in [0.05, 0.1) is 23.7 Å². The van der Waals surface area contributed by atoms with Gasteiger partial charge in [0.15, 0.2) is 18.1 Å². The molecule has 0 bridgehead atoms. The average molecular weight is 600 g/mol. The van der Waals surface area contributed by atoms with Crippen LogP contribution in [0.15, 0.2) is 52.3 Å². The first-order valence-corrected chi connectivity index (χ1v) is 15.0. The van der Waals surface area contributed by atoms with E-state index >= 15 is 0 Å². The Morgan fingerprint density at radius 2 is 1.77 bits per heavy atom. The van der Waals surface area contributed by atoms with Crippen LogP contribution in [0.4, 0.5) is 5.69 Å². The predicted octanol–water partition coefficient (Wildman–Crippen LogP) is 4.29. The lowest BCUT2D eigenvalue weighted by Crippen LogP contribution is -2.38. The minimum Gasteiger partial charge on any atom is -0.493 e. The normalized spacial score (nSPS) is 22.2. The maximum absolute atomic E-state index is 13.9. The number of ether oxygens (including phenoxy) is 2. The fourth-order valence-electron chi connectivity index (χ4n) is 5.59. The van der Waals surface area contributed by atoms with Crippen LogP contribution in [0.2, 0.25) is 5.02 Å². The first-order chi connectivity index (χ1) is 19.4. The van der Waals surface area contributed by atoms with Gasteiger partial charge in [0.1, 0.15) is 5.25 Å². The zero-order chi connectivity index (χ0) is 28.0. The van der Waals surface area contributed by atoms with E-state index in [9.17, 15) is 19.2 Å². The number of carbonyl (C=O) groups excluding carboxylic acids is 3. The smallest absolute Gasteiger partial charge is 0.305 e. The second-order valence-corrected chi connectivity index (χ2v) is 12.5. The van der Waals surface area contributed by atoms with Gasteiger partial charge in [0.2, 0.25) is 11.8 Å². The third-order valence-electron chi connectivity index (χ3n) is 7.52. The average Bonchev–Trinajstić information content (AvgIpc) is 3.46. The SMILES string of the molecule is COc1cc([C@@H]2c3sc(=O)[nH]c3S[C@H]3C(=O)N(c4ccc(Cl)cc4)C(=O)[C@@H]23)ccc1OCC(=O)N1CCCCC1. The highest BCUT2D eigenvalue weighted by Crippen LogP contribution is 2.53. The quantitative estimate of drug-likeness (QED) is 0.421. The minimum atomic E-state index is -0.732. The molecule has 0 saturated carbocycles. The number of imide groups is 1. The van der Waals surface area contributed by atoms with Crippen LogP contribution in [0, 0.1) is 5.92 Å². The third kappa shape index (κ3) is 4.80. The summed E-state index contributed by atoms with van der Waals surface area (Å²) in [5.41, 5.74) is 1.15.